The van der Waals surface area contributed by atoms with E-state index in [1.807, 2.05) is 24.3 Å². The van der Waals surface area contributed by atoms with Gasteiger partial charge in [-0.2, -0.15) is 5.26 Å². The van der Waals surface area contributed by atoms with Crippen LogP contribution in [0.3, 0.4) is 0 Å². The quantitative estimate of drug-likeness (QED) is 0.569. The lowest BCUT2D eigenvalue weighted by molar-refractivity contribution is 0.101. The fourth-order valence-corrected chi connectivity index (χ4v) is 5.33. The Morgan fingerprint density at radius 1 is 1.35 bits per heavy atom. The number of thiophene rings is 1. The molecule has 0 unspecified atom stereocenters. The number of nitrogens with one attached hydrogen (secondary N) is 1. The van der Waals surface area contributed by atoms with E-state index in [2.05, 4.69) is 37.3 Å². The Morgan fingerprint density at radius 3 is 2.84 bits per heavy atom. The van der Waals surface area contributed by atoms with Crippen LogP contribution in [0.25, 0.3) is 11.3 Å². The van der Waals surface area contributed by atoms with Crippen molar-refractivity contribution in [2.45, 2.75) is 40.0 Å². The molecule has 1 atom stereocenters. The summed E-state index contributed by atoms with van der Waals surface area (Å²) in [5.74, 6) is 1.25. The molecule has 160 valence electrons. The lowest BCUT2D eigenvalue weighted by atomic mass is 9.72. The number of nitriles is 1. The molecule has 0 saturated heterocycles. The average molecular weight is 436 g/mol. The van der Waals surface area contributed by atoms with Crippen LogP contribution in [0.1, 0.15) is 53.7 Å². The Bertz CT molecular complexity index is 1160. The van der Waals surface area contributed by atoms with Gasteiger partial charge in [0, 0.05) is 10.9 Å². The molecule has 0 aliphatic heterocycles. The number of aromatic nitrogens is 1. The molecule has 7 heteroatoms. The van der Waals surface area contributed by atoms with Crippen molar-refractivity contribution in [1.29, 1.82) is 5.26 Å². The third kappa shape index (κ3) is 4.08. The minimum Gasteiger partial charge on any atom is -0.496 e. The third-order valence-corrected chi connectivity index (χ3v) is 7.11. The first-order chi connectivity index (χ1) is 14.8. The Labute approximate surface area is 185 Å². The van der Waals surface area contributed by atoms with E-state index in [9.17, 15) is 10.1 Å². The molecule has 0 spiro atoms. The topological polar surface area (TPSA) is 88.1 Å². The Kier molecular flexibility index (Phi) is 5.59. The highest BCUT2D eigenvalue weighted by Gasteiger charge is 2.32. The number of hydrogen-bond donors (Lipinski definition) is 1. The van der Waals surface area contributed by atoms with Gasteiger partial charge in [0.1, 0.15) is 16.8 Å². The van der Waals surface area contributed by atoms with Gasteiger partial charge >= 0.3 is 0 Å². The van der Waals surface area contributed by atoms with Crippen LogP contribution in [0.5, 0.6) is 5.75 Å². The molecule has 0 fully saturated rings. The van der Waals surface area contributed by atoms with Crippen LogP contribution in [0.4, 0.5) is 5.00 Å². The Balaban J connectivity index is 1.57. The van der Waals surface area contributed by atoms with Crippen molar-refractivity contribution in [3.63, 3.8) is 0 Å². The highest BCUT2D eigenvalue weighted by Crippen LogP contribution is 2.44. The normalized spacial score (nSPS) is 15.8. The van der Waals surface area contributed by atoms with Crippen molar-refractivity contribution in [2.75, 3.05) is 12.4 Å². The molecule has 1 aromatic carbocycles. The third-order valence-electron chi connectivity index (χ3n) is 5.94. The second-order valence-corrected chi connectivity index (χ2v) is 9.96. The minimum atomic E-state index is -0.396. The molecular formula is C24H25N3O3S. The van der Waals surface area contributed by atoms with Gasteiger partial charge in [0.25, 0.3) is 5.91 Å². The molecule has 0 bridgehead atoms. The summed E-state index contributed by atoms with van der Waals surface area (Å²) >= 11 is 1.51. The van der Waals surface area contributed by atoms with Crippen molar-refractivity contribution < 1.29 is 14.1 Å². The van der Waals surface area contributed by atoms with Crippen molar-refractivity contribution >= 4 is 22.2 Å². The number of hydrogen-bond acceptors (Lipinski definition) is 6. The van der Waals surface area contributed by atoms with E-state index >= 15 is 0 Å². The minimum absolute atomic E-state index is 0.156. The Morgan fingerprint density at radius 2 is 2.13 bits per heavy atom. The summed E-state index contributed by atoms with van der Waals surface area (Å²) in [4.78, 5) is 14.1. The summed E-state index contributed by atoms with van der Waals surface area (Å²) in [6.45, 7) is 6.77. The lowest BCUT2D eigenvalue weighted by Crippen LogP contribution is -2.26. The summed E-state index contributed by atoms with van der Waals surface area (Å²) in [5, 5.41) is 17.1. The van der Waals surface area contributed by atoms with Gasteiger partial charge in [-0.25, -0.2) is 0 Å². The van der Waals surface area contributed by atoms with Crippen LogP contribution < -0.4 is 10.1 Å². The molecule has 2 heterocycles. The van der Waals surface area contributed by atoms with Crippen LogP contribution in [-0.2, 0) is 12.8 Å². The van der Waals surface area contributed by atoms with Crippen molar-refractivity contribution in [3.8, 4) is 23.1 Å². The summed E-state index contributed by atoms with van der Waals surface area (Å²) in [5.41, 5.74) is 2.75. The zero-order valence-corrected chi connectivity index (χ0v) is 18.9. The second kappa shape index (κ2) is 8.20. The number of para-hydroxylation sites is 1. The van der Waals surface area contributed by atoms with Gasteiger partial charge in [0.15, 0.2) is 11.5 Å². The molecule has 1 N–H and O–H groups in total. The second-order valence-electron chi connectivity index (χ2n) is 8.86. The zero-order chi connectivity index (χ0) is 22.2. The maximum atomic E-state index is 12.9. The molecule has 2 aromatic heterocycles. The van der Waals surface area contributed by atoms with Crippen LogP contribution in [0, 0.1) is 22.7 Å². The van der Waals surface area contributed by atoms with Gasteiger partial charge in [0.2, 0.25) is 0 Å². The summed E-state index contributed by atoms with van der Waals surface area (Å²) < 4.78 is 10.7. The van der Waals surface area contributed by atoms with Crippen molar-refractivity contribution in [2.24, 2.45) is 11.3 Å². The average Bonchev–Trinajstić information content (AvgIpc) is 3.37. The molecular weight excluding hydrogens is 410 g/mol. The molecule has 1 aliphatic rings. The number of rotatable bonds is 4. The number of nitrogens with zero attached hydrogens (tertiary/aromatic N) is 2. The zero-order valence-electron chi connectivity index (χ0n) is 18.1. The van der Waals surface area contributed by atoms with Crippen molar-refractivity contribution in [3.05, 3.63) is 52.0 Å². The fraction of sp³-hybridized carbons (Fsp3) is 0.375. The smallest absolute Gasteiger partial charge is 0.278 e. The SMILES string of the molecule is COc1ccccc1-c1cc(C(=O)Nc2sc3c(c2C#N)CC[C@H](C(C)(C)C)C3)no1. The molecule has 4 rings (SSSR count). The largest absolute Gasteiger partial charge is 0.496 e. The van der Waals surface area contributed by atoms with E-state index in [4.69, 9.17) is 9.26 Å². The van der Waals surface area contributed by atoms with E-state index in [-0.39, 0.29) is 11.1 Å². The lowest BCUT2D eigenvalue weighted by Gasteiger charge is -2.33. The van der Waals surface area contributed by atoms with Crippen LogP contribution in [0.2, 0.25) is 0 Å². The van der Waals surface area contributed by atoms with E-state index in [0.29, 0.717) is 33.6 Å². The van der Waals surface area contributed by atoms with Gasteiger partial charge in [-0.05, 0) is 48.3 Å². The molecule has 0 radical (unpaired) electrons. The summed E-state index contributed by atoms with van der Waals surface area (Å²) in [6.07, 6.45) is 2.87. The van der Waals surface area contributed by atoms with Gasteiger partial charge in [-0.15, -0.1) is 11.3 Å². The van der Waals surface area contributed by atoms with E-state index in [0.717, 1.165) is 24.8 Å². The number of methoxy groups -OCH3 is 1. The number of anilines is 1. The Hall–Kier alpha value is -3.11. The number of ether oxygens (including phenoxy) is 1. The fourth-order valence-electron chi connectivity index (χ4n) is 4.06. The van der Waals surface area contributed by atoms with Crippen LogP contribution >= 0.6 is 11.3 Å². The van der Waals surface area contributed by atoms with Crippen LogP contribution in [0.15, 0.2) is 34.9 Å². The van der Waals surface area contributed by atoms with Crippen molar-refractivity contribution in [1.82, 2.24) is 5.16 Å². The molecule has 31 heavy (non-hydrogen) atoms. The first-order valence-corrected chi connectivity index (χ1v) is 11.1. The standard InChI is InChI=1S/C24H25N3O3S/c1-24(2,3)14-9-10-15-17(13-25)23(31-21(15)11-14)26-22(28)18-12-20(30-27-18)16-7-5-6-8-19(16)29-4/h5-8,12,14H,9-11H2,1-4H3,(H,26,28)/t14-/m0/s1. The molecule has 1 aliphatic carbocycles. The summed E-state index contributed by atoms with van der Waals surface area (Å²) in [7, 11) is 1.58. The number of carbonyl (C=O) groups excluding carboxylic acids is 1. The molecule has 1 amide bonds. The number of carbonyl (C=O) groups is 1. The van der Waals surface area contributed by atoms with E-state index < -0.39 is 5.91 Å². The number of benzene rings is 1. The maximum absolute atomic E-state index is 12.9. The van der Waals surface area contributed by atoms with Gasteiger partial charge < -0.3 is 14.6 Å². The van der Waals surface area contributed by atoms with Gasteiger partial charge in [-0.3, -0.25) is 4.79 Å². The summed E-state index contributed by atoms with van der Waals surface area (Å²) in [6, 6.07) is 11.3. The number of fused-ring (bicyclic) bond motifs is 1. The van der Waals surface area contributed by atoms with Crippen LogP contribution in [-0.4, -0.2) is 18.2 Å². The van der Waals surface area contributed by atoms with Gasteiger partial charge in [-0.1, -0.05) is 38.1 Å². The number of amides is 1. The van der Waals surface area contributed by atoms with E-state index in [1.165, 1.54) is 16.2 Å². The highest BCUT2D eigenvalue weighted by molar-refractivity contribution is 7.16. The molecule has 6 nitrogen and oxygen atoms in total. The molecule has 3 aromatic rings. The monoisotopic (exact) mass is 435 g/mol. The maximum Gasteiger partial charge on any atom is 0.278 e. The predicted molar refractivity (Wildman–Crippen MR) is 120 cm³/mol. The van der Waals surface area contributed by atoms with Gasteiger partial charge in [0.05, 0.1) is 18.2 Å². The first kappa shape index (κ1) is 21.1. The molecule has 0 saturated carbocycles. The van der Waals surface area contributed by atoms with E-state index in [1.54, 1.807) is 13.2 Å². The highest BCUT2D eigenvalue weighted by atomic mass is 32.1. The predicted octanol–water partition coefficient (Wildman–Crippen LogP) is 5.69. The first-order valence-electron chi connectivity index (χ1n) is 10.3.